The minimum Gasteiger partial charge on any atom is -0.423 e. The fraction of sp³-hybridized carbons (Fsp3) is 0.316. The number of halogens is 3. The highest BCUT2D eigenvalue weighted by atomic mass is 32.1. The number of nitrogens with zero attached hydrogens (tertiary/aromatic N) is 2. The largest absolute Gasteiger partial charge is 0.435 e. The van der Waals surface area contributed by atoms with Gasteiger partial charge in [-0.3, -0.25) is 4.68 Å². The molecule has 3 rings (SSSR count). The molecule has 3 aromatic rings. The summed E-state index contributed by atoms with van der Waals surface area (Å²) in [6, 6.07) is 7.79. The molecule has 0 atom stereocenters. The predicted molar refractivity (Wildman–Crippen MR) is 108 cm³/mol. The monoisotopic (exact) mass is 424 g/mol. The normalized spacial score (nSPS) is 11.6. The quantitative estimate of drug-likeness (QED) is 0.367. The Balaban J connectivity index is 1.52. The fourth-order valence-corrected chi connectivity index (χ4v) is 3.10. The van der Waals surface area contributed by atoms with Crippen LogP contribution in [-0.2, 0) is 12.7 Å². The van der Waals surface area contributed by atoms with Crippen molar-refractivity contribution >= 4 is 34.0 Å². The van der Waals surface area contributed by atoms with Crippen LogP contribution in [0.4, 0.5) is 18.9 Å². The number of hydrogen-bond donors (Lipinski definition) is 2. The maximum atomic E-state index is 12.7. The summed E-state index contributed by atoms with van der Waals surface area (Å²) >= 11 is 5.23. The van der Waals surface area contributed by atoms with Crippen molar-refractivity contribution in [1.82, 2.24) is 15.1 Å². The minimum absolute atomic E-state index is 0.331. The van der Waals surface area contributed by atoms with Crippen LogP contribution < -0.4 is 16.3 Å². The molecule has 0 spiro atoms. The highest BCUT2D eigenvalue weighted by Gasteiger charge is 2.34. The molecule has 0 aliphatic rings. The number of hydrogen-bond acceptors (Lipinski definition) is 4. The van der Waals surface area contributed by atoms with Gasteiger partial charge in [-0.15, -0.1) is 0 Å². The van der Waals surface area contributed by atoms with Gasteiger partial charge in [-0.05, 0) is 56.2 Å². The lowest BCUT2D eigenvalue weighted by molar-refractivity contribution is -0.141. The summed E-state index contributed by atoms with van der Waals surface area (Å²) in [4.78, 5) is 11.5. The molecule has 154 valence electrons. The molecule has 0 unspecified atom stereocenters. The third-order valence-electron chi connectivity index (χ3n) is 4.31. The molecule has 2 N–H and O–H groups in total. The Kier molecular flexibility index (Phi) is 5.92. The Morgan fingerprint density at radius 2 is 2.00 bits per heavy atom. The predicted octanol–water partition coefficient (Wildman–Crippen LogP) is 4.00. The maximum Gasteiger partial charge on any atom is 0.435 e. The van der Waals surface area contributed by atoms with E-state index < -0.39 is 17.5 Å². The van der Waals surface area contributed by atoms with E-state index >= 15 is 0 Å². The molecule has 2 aromatic heterocycles. The molecular formula is C19H19F3N4O2S. The molecule has 0 fully saturated rings. The van der Waals surface area contributed by atoms with E-state index in [0.29, 0.717) is 41.6 Å². The number of alkyl halides is 3. The zero-order valence-corrected chi connectivity index (χ0v) is 16.6. The Bertz CT molecular complexity index is 1110. The number of thiocarbonyl (C=S) groups is 1. The zero-order chi connectivity index (χ0) is 21.2. The van der Waals surface area contributed by atoms with Crippen molar-refractivity contribution in [2.24, 2.45) is 0 Å². The first-order valence-electron chi connectivity index (χ1n) is 8.84. The van der Waals surface area contributed by atoms with Crippen LogP contribution in [0, 0.1) is 13.8 Å². The van der Waals surface area contributed by atoms with Crippen molar-refractivity contribution in [3.63, 3.8) is 0 Å². The van der Waals surface area contributed by atoms with E-state index in [1.807, 2.05) is 19.1 Å². The molecule has 0 amide bonds. The SMILES string of the molecule is Cc1cc(=O)oc2cc(NC(=S)NCCCn3nc(C(F)(F)F)cc3C)ccc12. The number of aryl methyl sites for hydroxylation is 3. The second-order valence-corrected chi connectivity index (χ2v) is 6.99. The van der Waals surface area contributed by atoms with Crippen LogP contribution in [0.25, 0.3) is 11.0 Å². The van der Waals surface area contributed by atoms with Crippen molar-refractivity contribution in [3.8, 4) is 0 Å². The lowest BCUT2D eigenvalue weighted by Gasteiger charge is -2.11. The Morgan fingerprint density at radius 3 is 2.69 bits per heavy atom. The van der Waals surface area contributed by atoms with Gasteiger partial charge in [-0.2, -0.15) is 18.3 Å². The molecule has 6 nitrogen and oxygen atoms in total. The topological polar surface area (TPSA) is 72.1 Å². The zero-order valence-electron chi connectivity index (χ0n) is 15.8. The summed E-state index contributed by atoms with van der Waals surface area (Å²) in [5.41, 5.74) is 1.07. The summed E-state index contributed by atoms with van der Waals surface area (Å²) in [7, 11) is 0. The highest BCUT2D eigenvalue weighted by molar-refractivity contribution is 7.80. The van der Waals surface area contributed by atoms with Crippen molar-refractivity contribution in [3.05, 3.63) is 57.7 Å². The van der Waals surface area contributed by atoms with Crippen molar-refractivity contribution in [2.45, 2.75) is 33.0 Å². The second kappa shape index (κ2) is 8.24. The average Bonchev–Trinajstić information content (AvgIpc) is 2.99. The van der Waals surface area contributed by atoms with Gasteiger partial charge in [-0.25, -0.2) is 4.79 Å². The molecule has 0 saturated heterocycles. The standard InChI is InChI=1S/C19H19F3N4O2S/c1-11-8-17(27)28-15-10-13(4-5-14(11)15)24-18(29)23-6-3-7-26-12(2)9-16(25-26)19(20,21)22/h4-5,8-10H,3,6-7H2,1-2H3,(H2,23,24,29). The van der Waals surface area contributed by atoms with Gasteiger partial charge in [0.15, 0.2) is 10.8 Å². The average molecular weight is 424 g/mol. The number of fused-ring (bicyclic) bond motifs is 1. The van der Waals surface area contributed by atoms with E-state index in [4.69, 9.17) is 16.6 Å². The fourth-order valence-electron chi connectivity index (χ4n) is 2.88. The van der Waals surface area contributed by atoms with Crippen molar-refractivity contribution in [2.75, 3.05) is 11.9 Å². The van der Waals surface area contributed by atoms with Crippen molar-refractivity contribution in [1.29, 1.82) is 0 Å². The van der Waals surface area contributed by atoms with Gasteiger partial charge in [0.25, 0.3) is 0 Å². The van der Waals surface area contributed by atoms with E-state index in [-0.39, 0.29) is 0 Å². The summed E-state index contributed by atoms with van der Waals surface area (Å²) in [6.07, 6.45) is -3.91. The molecule has 29 heavy (non-hydrogen) atoms. The Morgan fingerprint density at radius 1 is 1.24 bits per heavy atom. The number of benzene rings is 1. The highest BCUT2D eigenvalue weighted by Crippen LogP contribution is 2.28. The minimum atomic E-state index is -4.45. The van der Waals surface area contributed by atoms with Gasteiger partial charge >= 0.3 is 11.8 Å². The van der Waals surface area contributed by atoms with E-state index in [9.17, 15) is 18.0 Å². The molecule has 10 heteroatoms. The van der Waals surface area contributed by atoms with Crippen LogP contribution in [0.5, 0.6) is 0 Å². The summed E-state index contributed by atoms with van der Waals surface area (Å²) in [6.45, 7) is 4.20. The number of nitrogens with one attached hydrogen (secondary N) is 2. The first-order chi connectivity index (χ1) is 13.6. The van der Waals surface area contributed by atoms with Gasteiger partial charge in [0, 0.05) is 42.0 Å². The lowest BCUT2D eigenvalue weighted by atomic mass is 10.1. The number of rotatable bonds is 5. The van der Waals surface area contributed by atoms with Crippen LogP contribution in [0.15, 0.2) is 39.5 Å². The van der Waals surface area contributed by atoms with E-state index in [1.165, 1.54) is 10.7 Å². The number of aromatic nitrogens is 2. The maximum absolute atomic E-state index is 12.7. The van der Waals surface area contributed by atoms with Crippen LogP contribution in [-0.4, -0.2) is 21.4 Å². The van der Waals surface area contributed by atoms with Crippen molar-refractivity contribution < 1.29 is 17.6 Å². The van der Waals surface area contributed by atoms with Gasteiger partial charge < -0.3 is 15.1 Å². The second-order valence-electron chi connectivity index (χ2n) is 6.59. The Labute approximate surface area is 169 Å². The van der Waals surface area contributed by atoms with Crippen LogP contribution in [0.2, 0.25) is 0 Å². The van der Waals surface area contributed by atoms with Gasteiger partial charge in [-0.1, -0.05) is 0 Å². The number of anilines is 1. The summed E-state index contributed by atoms with van der Waals surface area (Å²) in [5.74, 6) is 0. The molecule has 1 aromatic carbocycles. The Hall–Kier alpha value is -2.88. The molecule has 0 radical (unpaired) electrons. The van der Waals surface area contributed by atoms with Gasteiger partial charge in [0.05, 0.1) is 0 Å². The third-order valence-corrected chi connectivity index (χ3v) is 4.56. The van der Waals surface area contributed by atoms with Gasteiger partial charge in [0.1, 0.15) is 5.58 Å². The smallest absolute Gasteiger partial charge is 0.423 e. The summed E-state index contributed by atoms with van der Waals surface area (Å²) < 4.78 is 44.6. The summed E-state index contributed by atoms with van der Waals surface area (Å²) in [5, 5.41) is 10.8. The lowest BCUT2D eigenvalue weighted by Crippen LogP contribution is -2.29. The van der Waals surface area contributed by atoms with Gasteiger partial charge in [0.2, 0.25) is 0 Å². The molecule has 0 saturated carbocycles. The van der Waals surface area contributed by atoms with E-state index in [1.54, 1.807) is 13.0 Å². The molecular weight excluding hydrogens is 405 g/mol. The molecule has 0 aliphatic carbocycles. The molecule has 2 heterocycles. The van der Waals surface area contributed by atoms with Crippen LogP contribution in [0.1, 0.15) is 23.4 Å². The molecule has 0 bridgehead atoms. The van der Waals surface area contributed by atoms with E-state index in [2.05, 4.69) is 15.7 Å². The first kappa shape index (κ1) is 20.8. The first-order valence-corrected chi connectivity index (χ1v) is 9.25. The molecule has 0 aliphatic heterocycles. The van der Waals surface area contributed by atoms with Crippen LogP contribution in [0.3, 0.4) is 0 Å². The third kappa shape index (κ3) is 5.14. The van der Waals surface area contributed by atoms with E-state index in [0.717, 1.165) is 17.0 Å². The van der Waals surface area contributed by atoms with Crippen LogP contribution >= 0.6 is 12.2 Å².